The molecule has 1 heterocycles. The Morgan fingerprint density at radius 3 is 2.61 bits per heavy atom. The Hall–Kier alpha value is -2.28. The molecule has 0 atom stereocenters. The third kappa shape index (κ3) is 5.14. The molecule has 1 amide bonds. The molecule has 2 aromatic rings. The molecule has 2 N–H and O–H groups in total. The fourth-order valence-electron chi connectivity index (χ4n) is 2.07. The van der Waals surface area contributed by atoms with Gasteiger partial charge in [0.2, 0.25) is 5.91 Å². The number of nitrogens with one attached hydrogen (secondary N) is 2. The van der Waals surface area contributed by atoms with Crippen LogP contribution in [-0.2, 0) is 9.53 Å². The number of H-pyrrole nitrogens is 1. The zero-order valence-corrected chi connectivity index (χ0v) is 14.1. The van der Waals surface area contributed by atoms with Crippen molar-refractivity contribution < 1.29 is 14.3 Å². The zero-order chi connectivity index (χ0) is 16.8. The summed E-state index contributed by atoms with van der Waals surface area (Å²) in [6.07, 6.45) is 1.40. The van der Waals surface area contributed by atoms with E-state index in [9.17, 15) is 9.59 Å². The molecule has 0 aliphatic rings. The normalized spacial score (nSPS) is 10.4. The smallest absolute Gasteiger partial charge is 0.356 e. The van der Waals surface area contributed by atoms with Crippen LogP contribution in [-0.4, -0.2) is 34.2 Å². The van der Waals surface area contributed by atoms with E-state index in [1.54, 1.807) is 6.92 Å². The highest BCUT2D eigenvalue weighted by molar-refractivity contribution is 7.99. The molecule has 0 saturated carbocycles. The topological polar surface area (TPSA) is 84.1 Å². The predicted molar refractivity (Wildman–Crippen MR) is 89.8 cm³/mol. The minimum Gasteiger partial charge on any atom is -0.461 e. The number of thioether (sulfide) groups is 1. The van der Waals surface area contributed by atoms with E-state index in [4.69, 9.17) is 4.74 Å². The van der Waals surface area contributed by atoms with Crippen LogP contribution in [0.3, 0.4) is 0 Å². The summed E-state index contributed by atoms with van der Waals surface area (Å²) in [7, 11) is 0. The molecule has 7 heteroatoms. The first-order chi connectivity index (χ1) is 11.0. The molecular weight excluding hydrogens is 314 g/mol. The summed E-state index contributed by atoms with van der Waals surface area (Å²) in [5.41, 5.74) is 3.25. The van der Waals surface area contributed by atoms with Crippen molar-refractivity contribution in [3.8, 4) is 0 Å². The van der Waals surface area contributed by atoms with Gasteiger partial charge >= 0.3 is 5.97 Å². The van der Waals surface area contributed by atoms with Gasteiger partial charge < -0.3 is 15.0 Å². The fourth-order valence-corrected chi connectivity index (χ4v) is 2.72. The number of imidazole rings is 1. The highest BCUT2D eigenvalue weighted by Gasteiger charge is 2.12. The summed E-state index contributed by atoms with van der Waals surface area (Å²) in [6, 6.07) is 5.88. The van der Waals surface area contributed by atoms with Crippen molar-refractivity contribution in [2.24, 2.45) is 0 Å². The van der Waals surface area contributed by atoms with Crippen molar-refractivity contribution in [1.82, 2.24) is 9.97 Å². The molecule has 0 aliphatic heterocycles. The molecule has 0 aliphatic carbocycles. The average molecular weight is 333 g/mol. The number of carbonyl (C=O) groups is 2. The number of ether oxygens (including phenoxy) is 1. The quantitative estimate of drug-likeness (QED) is 0.627. The van der Waals surface area contributed by atoms with Gasteiger partial charge in [0.1, 0.15) is 5.69 Å². The number of nitrogens with zero attached hydrogens (tertiary/aromatic N) is 1. The summed E-state index contributed by atoms with van der Waals surface area (Å²) in [4.78, 5) is 30.4. The first-order valence-electron chi connectivity index (χ1n) is 7.21. The lowest BCUT2D eigenvalue weighted by molar-refractivity contribution is -0.113. The van der Waals surface area contributed by atoms with Gasteiger partial charge in [-0.05, 0) is 44.0 Å². The molecule has 0 saturated heterocycles. The monoisotopic (exact) mass is 333 g/mol. The molecule has 0 bridgehead atoms. The average Bonchev–Trinajstić information content (AvgIpc) is 2.93. The van der Waals surface area contributed by atoms with Crippen molar-refractivity contribution in [3.05, 3.63) is 41.2 Å². The summed E-state index contributed by atoms with van der Waals surface area (Å²) >= 11 is 1.23. The van der Waals surface area contributed by atoms with E-state index in [0.717, 1.165) is 16.8 Å². The number of hydrogen-bond donors (Lipinski definition) is 2. The van der Waals surface area contributed by atoms with E-state index in [1.165, 1.54) is 18.0 Å². The number of aromatic nitrogens is 2. The number of esters is 1. The molecule has 1 aromatic carbocycles. The number of hydrogen-bond acceptors (Lipinski definition) is 5. The molecule has 0 fully saturated rings. The summed E-state index contributed by atoms with van der Waals surface area (Å²) in [6.45, 7) is 6.01. The highest BCUT2D eigenvalue weighted by Crippen LogP contribution is 2.17. The van der Waals surface area contributed by atoms with E-state index >= 15 is 0 Å². The molecule has 0 spiro atoms. The van der Waals surface area contributed by atoms with Gasteiger partial charge in [-0.1, -0.05) is 17.8 Å². The SMILES string of the molecule is CCOC(=O)c1cnc(SCC(=O)Nc2cc(C)cc(C)c2)[nH]1. The number of aromatic amines is 1. The zero-order valence-electron chi connectivity index (χ0n) is 13.3. The van der Waals surface area contributed by atoms with Gasteiger partial charge in [0.05, 0.1) is 18.6 Å². The Morgan fingerprint density at radius 1 is 1.26 bits per heavy atom. The second kappa shape index (κ2) is 7.82. The van der Waals surface area contributed by atoms with Gasteiger partial charge in [0.15, 0.2) is 5.16 Å². The molecule has 0 radical (unpaired) electrons. The lowest BCUT2D eigenvalue weighted by Crippen LogP contribution is -2.14. The van der Waals surface area contributed by atoms with E-state index in [-0.39, 0.29) is 17.4 Å². The molecular formula is C16H19N3O3S. The summed E-state index contributed by atoms with van der Waals surface area (Å²) < 4.78 is 4.87. The fraction of sp³-hybridized carbons (Fsp3) is 0.312. The van der Waals surface area contributed by atoms with Gasteiger partial charge in [0.25, 0.3) is 0 Å². The maximum atomic E-state index is 12.0. The van der Waals surface area contributed by atoms with Crippen LogP contribution < -0.4 is 5.32 Å². The van der Waals surface area contributed by atoms with Gasteiger partial charge in [-0.25, -0.2) is 9.78 Å². The number of carbonyl (C=O) groups excluding carboxylic acids is 2. The van der Waals surface area contributed by atoms with Gasteiger partial charge in [-0.3, -0.25) is 4.79 Å². The standard InChI is InChI=1S/C16H19N3O3S/c1-4-22-15(21)13-8-17-16(19-13)23-9-14(20)18-12-6-10(2)5-11(3)7-12/h5-8H,4,9H2,1-3H3,(H,17,19)(H,18,20). The van der Waals surface area contributed by atoms with E-state index < -0.39 is 5.97 Å². The minimum absolute atomic E-state index is 0.130. The van der Waals surface area contributed by atoms with Gasteiger partial charge in [-0.15, -0.1) is 0 Å². The van der Waals surface area contributed by atoms with Crippen LogP contribution in [0.1, 0.15) is 28.5 Å². The molecule has 1 aromatic heterocycles. The highest BCUT2D eigenvalue weighted by atomic mass is 32.2. The molecule has 6 nitrogen and oxygen atoms in total. The largest absolute Gasteiger partial charge is 0.461 e. The third-order valence-electron chi connectivity index (χ3n) is 2.89. The second-order valence-corrected chi connectivity index (χ2v) is 6.00. The molecule has 122 valence electrons. The Labute approximate surface area is 139 Å². The Morgan fingerprint density at radius 2 is 1.96 bits per heavy atom. The number of amides is 1. The number of rotatable bonds is 6. The van der Waals surface area contributed by atoms with Crippen LogP contribution in [0.4, 0.5) is 5.69 Å². The Bertz CT molecular complexity index is 692. The van der Waals surface area contributed by atoms with E-state index in [0.29, 0.717) is 11.8 Å². The Balaban J connectivity index is 1.88. The van der Waals surface area contributed by atoms with Crippen LogP contribution >= 0.6 is 11.8 Å². The van der Waals surface area contributed by atoms with Crippen molar-refractivity contribution in [2.75, 3.05) is 17.7 Å². The first kappa shape index (κ1) is 17.1. The summed E-state index contributed by atoms with van der Waals surface area (Å²) in [5, 5.41) is 3.35. The van der Waals surface area contributed by atoms with Crippen LogP contribution in [0, 0.1) is 13.8 Å². The Kier molecular flexibility index (Phi) is 5.81. The van der Waals surface area contributed by atoms with Crippen LogP contribution in [0.5, 0.6) is 0 Å². The molecule has 0 unspecified atom stereocenters. The van der Waals surface area contributed by atoms with Gasteiger partial charge in [0, 0.05) is 5.69 Å². The number of aryl methyl sites for hydroxylation is 2. The van der Waals surface area contributed by atoms with Crippen LogP contribution in [0.15, 0.2) is 29.6 Å². The third-order valence-corrected chi connectivity index (χ3v) is 3.78. The predicted octanol–water partition coefficient (Wildman–Crippen LogP) is 2.93. The number of anilines is 1. The lowest BCUT2D eigenvalue weighted by Gasteiger charge is -2.06. The van der Waals surface area contributed by atoms with Crippen LogP contribution in [0.2, 0.25) is 0 Å². The maximum absolute atomic E-state index is 12.0. The molecule has 2 rings (SSSR count). The van der Waals surface area contributed by atoms with Crippen molar-refractivity contribution in [3.63, 3.8) is 0 Å². The molecule has 23 heavy (non-hydrogen) atoms. The number of benzene rings is 1. The lowest BCUT2D eigenvalue weighted by atomic mass is 10.1. The van der Waals surface area contributed by atoms with Crippen molar-refractivity contribution in [2.45, 2.75) is 25.9 Å². The second-order valence-electron chi connectivity index (χ2n) is 5.04. The van der Waals surface area contributed by atoms with Crippen molar-refractivity contribution >= 4 is 29.3 Å². The summed E-state index contributed by atoms with van der Waals surface area (Å²) in [5.74, 6) is -0.386. The van der Waals surface area contributed by atoms with Gasteiger partial charge in [-0.2, -0.15) is 0 Å². The van der Waals surface area contributed by atoms with Crippen LogP contribution in [0.25, 0.3) is 0 Å². The maximum Gasteiger partial charge on any atom is 0.356 e. The minimum atomic E-state index is -0.452. The van der Waals surface area contributed by atoms with E-state index in [2.05, 4.69) is 15.3 Å². The van der Waals surface area contributed by atoms with E-state index in [1.807, 2.05) is 32.0 Å². The first-order valence-corrected chi connectivity index (χ1v) is 8.19. The van der Waals surface area contributed by atoms with Crippen molar-refractivity contribution in [1.29, 1.82) is 0 Å².